The lowest BCUT2D eigenvalue weighted by molar-refractivity contribution is -0.302. The lowest BCUT2D eigenvalue weighted by atomic mass is 9.99. The summed E-state index contributed by atoms with van der Waals surface area (Å²) in [5.41, 5.74) is 0. The first-order chi connectivity index (χ1) is 34.7. The number of hydrogen-bond acceptors (Lipinski definition) is 10. The number of ether oxygens (including phenoxy) is 3. The van der Waals surface area contributed by atoms with E-state index in [1.54, 1.807) is 6.08 Å². The molecular weight excluding hydrogens is 895 g/mol. The number of unbranched alkanes of at least 4 members (excludes halogenated alkanes) is 30. The van der Waals surface area contributed by atoms with Gasteiger partial charge in [0, 0.05) is 12.8 Å². The second-order valence-corrected chi connectivity index (χ2v) is 20.3. The van der Waals surface area contributed by atoms with Gasteiger partial charge in [0.05, 0.1) is 32.0 Å². The number of carbonyl (C=O) groups is 2. The van der Waals surface area contributed by atoms with Crippen molar-refractivity contribution in [1.82, 2.24) is 5.32 Å². The summed E-state index contributed by atoms with van der Waals surface area (Å²) in [6.07, 6.45) is 52.1. The molecule has 1 aliphatic rings. The molecule has 0 aromatic heterocycles. The predicted molar refractivity (Wildman–Crippen MR) is 292 cm³/mol. The van der Waals surface area contributed by atoms with Crippen LogP contribution in [0.25, 0.3) is 0 Å². The lowest BCUT2D eigenvalue weighted by Gasteiger charge is -2.40. The molecule has 71 heavy (non-hydrogen) atoms. The minimum absolute atomic E-state index is 0.0338. The summed E-state index contributed by atoms with van der Waals surface area (Å²) < 4.78 is 16.7. The normalized spacial score (nSPS) is 19.5. The number of hydrogen-bond donors (Lipinski definition) is 6. The Labute approximate surface area is 434 Å². The summed E-state index contributed by atoms with van der Waals surface area (Å²) in [5, 5.41) is 54.2. The molecule has 0 bridgehead atoms. The van der Waals surface area contributed by atoms with Crippen LogP contribution in [0.4, 0.5) is 0 Å². The molecule has 11 heteroatoms. The molecule has 7 unspecified atom stereocenters. The highest BCUT2D eigenvalue weighted by Crippen LogP contribution is 2.23. The molecule has 0 aliphatic carbocycles. The van der Waals surface area contributed by atoms with Gasteiger partial charge in [0.15, 0.2) is 6.29 Å². The number of amides is 1. The number of aliphatic hydroxyl groups is 5. The maximum Gasteiger partial charge on any atom is 0.305 e. The third-order valence-electron chi connectivity index (χ3n) is 13.7. The van der Waals surface area contributed by atoms with Crippen LogP contribution in [0, 0.1) is 0 Å². The zero-order chi connectivity index (χ0) is 51.7. The van der Waals surface area contributed by atoms with E-state index >= 15 is 0 Å². The van der Waals surface area contributed by atoms with Crippen molar-refractivity contribution in [3.8, 4) is 0 Å². The summed E-state index contributed by atoms with van der Waals surface area (Å²) in [6.45, 7) is 4.23. The second kappa shape index (κ2) is 49.8. The molecule has 1 amide bonds. The highest BCUT2D eigenvalue weighted by Gasteiger charge is 2.44. The first-order valence-corrected chi connectivity index (χ1v) is 29.4. The zero-order valence-electron chi connectivity index (χ0n) is 45.4. The van der Waals surface area contributed by atoms with Crippen molar-refractivity contribution in [3.63, 3.8) is 0 Å². The smallest absolute Gasteiger partial charge is 0.305 e. The van der Waals surface area contributed by atoms with Crippen LogP contribution < -0.4 is 5.32 Å². The van der Waals surface area contributed by atoms with E-state index in [4.69, 9.17) is 14.2 Å². The first-order valence-electron chi connectivity index (χ1n) is 29.4. The summed E-state index contributed by atoms with van der Waals surface area (Å²) >= 11 is 0. The quantitative estimate of drug-likeness (QED) is 0.0195. The maximum atomic E-state index is 13.0. The number of rotatable bonds is 50. The van der Waals surface area contributed by atoms with Gasteiger partial charge in [-0.3, -0.25) is 9.59 Å². The van der Waals surface area contributed by atoms with Crippen molar-refractivity contribution in [3.05, 3.63) is 48.6 Å². The molecular formula is C60H109NO10. The SMILES string of the molecule is CCCCC/C=C\C/C=C\CCCCCCCCCCCC(=O)OCCCCCC/C=C\CCCCCCCCCC(=O)NC(COC1OC(CO)C(O)C(O)C1O)C(O)/C=C/CCCCCCCCC. The van der Waals surface area contributed by atoms with Gasteiger partial charge in [0.1, 0.15) is 24.4 Å². The molecule has 1 fully saturated rings. The van der Waals surface area contributed by atoms with Crippen LogP contribution in [0.3, 0.4) is 0 Å². The average molecular weight is 1000 g/mol. The molecule has 1 rings (SSSR count). The van der Waals surface area contributed by atoms with Crippen molar-refractivity contribution in [2.45, 2.75) is 301 Å². The van der Waals surface area contributed by atoms with Gasteiger partial charge < -0.3 is 45.1 Å². The number of esters is 1. The standard InChI is InChI=1S/C60H109NO10/c1-3-5-7-9-11-13-14-15-16-17-18-19-22-25-28-32-36-40-44-48-56(65)69-49-45-41-37-33-29-26-23-20-21-24-27-31-35-39-43-47-55(64)61-52(53(63)46-42-38-34-30-12-10-8-6-4-2)51-70-60-59(68)58(67)57(66)54(50-62)71-60/h11,13,15-16,23,26,42,46,52-54,57-60,62-63,66-68H,3-10,12,14,17-22,24-25,27-41,43-45,47-51H2,1-2H3,(H,61,64)/b13-11-,16-15-,26-23-,46-42+. The number of aliphatic hydroxyl groups excluding tert-OH is 5. The highest BCUT2D eigenvalue weighted by molar-refractivity contribution is 5.76. The van der Waals surface area contributed by atoms with Crippen LogP contribution >= 0.6 is 0 Å². The van der Waals surface area contributed by atoms with Gasteiger partial charge in [0.25, 0.3) is 0 Å². The molecule has 11 nitrogen and oxygen atoms in total. The molecule has 0 saturated carbocycles. The molecule has 414 valence electrons. The Kier molecular flexibility index (Phi) is 46.7. The van der Waals surface area contributed by atoms with E-state index in [2.05, 4.69) is 55.6 Å². The van der Waals surface area contributed by atoms with Gasteiger partial charge in [0.2, 0.25) is 5.91 Å². The molecule has 0 spiro atoms. The summed E-state index contributed by atoms with van der Waals surface area (Å²) in [5.74, 6) is -0.234. The van der Waals surface area contributed by atoms with Crippen molar-refractivity contribution in [2.75, 3.05) is 19.8 Å². The Balaban J connectivity index is 2.05. The van der Waals surface area contributed by atoms with E-state index in [0.29, 0.717) is 19.4 Å². The van der Waals surface area contributed by atoms with Gasteiger partial charge in [-0.15, -0.1) is 0 Å². The third kappa shape index (κ3) is 39.7. The molecule has 1 aliphatic heterocycles. The summed E-state index contributed by atoms with van der Waals surface area (Å²) in [7, 11) is 0. The van der Waals surface area contributed by atoms with Crippen LogP contribution in [0.15, 0.2) is 48.6 Å². The minimum Gasteiger partial charge on any atom is -0.466 e. The van der Waals surface area contributed by atoms with Gasteiger partial charge >= 0.3 is 5.97 Å². The molecule has 1 saturated heterocycles. The van der Waals surface area contributed by atoms with Gasteiger partial charge in [-0.25, -0.2) is 0 Å². The topological polar surface area (TPSA) is 175 Å². The van der Waals surface area contributed by atoms with Crippen LogP contribution in [0.2, 0.25) is 0 Å². The third-order valence-corrected chi connectivity index (χ3v) is 13.7. The fourth-order valence-corrected chi connectivity index (χ4v) is 8.93. The summed E-state index contributed by atoms with van der Waals surface area (Å²) in [4.78, 5) is 25.1. The first kappa shape index (κ1) is 66.6. The molecule has 0 aromatic rings. The average Bonchev–Trinajstić information content (AvgIpc) is 3.37. The summed E-state index contributed by atoms with van der Waals surface area (Å²) in [6, 6.07) is -0.821. The van der Waals surface area contributed by atoms with Crippen LogP contribution in [-0.4, -0.2) is 100 Å². The van der Waals surface area contributed by atoms with Crippen molar-refractivity contribution >= 4 is 11.9 Å². The van der Waals surface area contributed by atoms with Crippen LogP contribution in [0.1, 0.15) is 258 Å². The maximum absolute atomic E-state index is 13.0. The van der Waals surface area contributed by atoms with E-state index in [1.165, 1.54) is 135 Å². The molecule has 0 radical (unpaired) electrons. The van der Waals surface area contributed by atoms with Gasteiger partial charge in [-0.2, -0.15) is 0 Å². The van der Waals surface area contributed by atoms with E-state index in [-0.39, 0.29) is 18.5 Å². The molecule has 6 N–H and O–H groups in total. The largest absolute Gasteiger partial charge is 0.466 e. The predicted octanol–water partition coefficient (Wildman–Crippen LogP) is 13.3. The molecule has 7 atom stereocenters. The Hall–Kier alpha value is -2.38. The van der Waals surface area contributed by atoms with Crippen LogP contribution in [0.5, 0.6) is 0 Å². The van der Waals surface area contributed by atoms with E-state index in [9.17, 15) is 35.1 Å². The van der Waals surface area contributed by atoms with E-state index in [1.807, 2.05) is 6.08 Å². The zero-order valence-corrected chi connectivity index (χ0v) is 45.4. The Bertz CT molecular complexity index is 1320. The monoisotopic (exact) mass is 1000 g/mol. The second-order valence-electron chi connectivity index (χ2n) is 20.3. The number of nitrogens with one attached hydrogen (secondary N) is 1. The highest BCUT2D eigenvalue weighted by atomic mass is 16.7. The van der Waals surface area contributed by atoms with Gasteiger partial charge in [-0.05, 0) is 89.9 Å². The van der Waals surface area contributed by atoms with E-state index in [0.717, 1.165) is 96.3 Å². The Morgan fingerprint density at radius 3 is 1.46 bits per heavy atom. The van der Waals surface area contributed by atoms with Crippen LogP contribution in [-0.2, 0) is 23.8 Å². The van der Waals surface area contributed by atoms with Gasteiger partial charge in [-0.1, -0.05) is 204 Å². The van der Waals surface area contributed by atoms with Crippen molar-refractivity contribution in [1.29, 1.82) is 0 Å². The Morgan fingerprint density at radius 2 is 0.944 bits per heavy atom. The fraction of sp³-hybridized carbons (Fsp3) is 0.833. The number of carbonyl (C=O) groups excluding carboxylic acids is 2. The Morgan fingerprint density at radius 1 is 0.521 bits per heavy atom. The molecule has 1 heterocycles. The van der Waals surface area contributed by atoms with E-state index < -0.39 is 49.5 Å². The number of allylic oxidation sites excluding steroid dienone is 7. The minimum atomic E-state index is -1.58. The van der Waals surface area contributed by atoms with Crippen molar-refractivity contribution < 1.29 is 49.3 Å². The molecule has 0 aromatic carbocycles. The van der Waals surface area contributed by atoms with Crippen molar-refractivity contribution in [2.24, 2.45) is 0 Å². The fourth-order valence-electron chi connectivity index (χ4n) is 8.93. The lowest BCUT2D eigenvalue weighted by Crippen LogP contribution is -2.60.